The molecule has 27 heavy (non-hydrogen) atoms. The molecule has 0 radical (unpaired) electrons. The summed E-state index contributed by atoms with van der Waals surface area (Å²) >= 11 is 0. The standard InChI is InChI=1S/C25H31NO/c27-23-18-25(26-14-8-3-9-15-26)16-21(19-10-4-1-5-11-19)24(23)22(17-25)20-12-6-2-7-13-20/h1-2,4-7,10-13,21-24,27H,3,8-9,14-18H2/t21-,22-,23?,24?,25?/m0/s1. The van der Waals surface area contributed by atoms with E-state index >= 15 is 0 Å². The summed E-state index contributed by atoms with van der Waals surface area (Å²) in [6, 6.07) is 22.0. The highest BCUT2D eigenvalue weighted by Gasteiger charge is 2.57. The van der Waals surface area contributed by atoms with Gasteiger partial charge in [-0.3, -0.25) is 4.90 Å². The highest BCUT2D eigenvalue weighted by molar-refractivity contribution is 5.32. The zero-order valence-electron chi connectivity index (χ0n) is 16.1. The van der Waals surface area contributed by atoms with Crippen LogP contribution in [0.2, 0.25) is 0 Å². The lowest BCUT2D eigenvalue weighted by Gasteiger charge is -2.61. The minimum absolute atomic E-state index is 0.162. The van der Waals surface area contributed by atoms with Gasteiger partial charge in [-0.1, -0.05) is 67.1 Å². The van der Waals surface area contributed by atoms with Gasteiger partial charge in [-0.15, -0.1) is 0 Å². The average molecular weight is 362 g/mol. The molecule has 6 rings (SSSR count). The summed E-state index contributed by atoms with van der Waals surface area (Å²) in [6.07, 6.45) is 7.17. The smallest absolute Gasteiger partial charge is 0.0597 e. The van der Waals surface area contributed by atoms with Crippen LogP contribution in [-0.4, -0.2) is 34.7 Å². The summed E-state index contributed by atoms with van der Waals surface area (Å²) in [4.78, 5) is 2.76. The lowest BCUT2D eigenvalue weighted by Crippen LogP contribution is -2.63. The van der Waals surface area contributed by atoms with Crippen LogP contribution in [0.1, 0.15) is 61.5 Å². The molecule has 0 amide bonds. The predicted molar refractivity (Wildman–Crippen MR) is 110 cm³/mol. The van der Waals surface area contributed by atoms with Crippen LogP contribution in [0.3, 0.4) is 0 Å². The van der Waals surface area contributed by atoms with Gasteiger partial charge in [0.2, 0.25) is 0 Å². The number of hydrogen-bond acceptors (Lipinski definition) is 2. The van der Waals surface area contributed by atoms with Crippen molar-refractivity contribution >= 4 is 0 Å². The Labute approximate surface area is 163 Å². The monoisotopic (exact) mass is 361 g/mol. The summed E-state index contributed by atoms with van der Waals surface area (Å²) < 4.78 is 0. The Balaban J connectivity index is 1.58. The van der Waals surface area contributed by atoms with Crippen molar-refractivity contribution < 1.29 is 5.11 Å². The second-order valence-electron chi connectivity index (χ2n) is 9.06. The van der Waals surface area contributed by atoms with E-state index in [-0.39, 0.29) is 11.6 Å². The Morgan fingerprint density at radius 3 is 1.74 bits per heavy atom. The van der Waals surface area contributed by atoms with Gasteiger partial charge >= 0.3 is 0 Å². The number of nitrogens with zero attached hydrogens (tertiary/aromatic N) is 1. The number of hydrogen-bond donors (Lipinski definition) is 1. The van der Waals surface area contributed by atoms with Gasteiger partial charge in [0.05, 0.1) is 6.10 Å². The molecule has 1 N–H and O–H groups in total. The van der Waals surface area contributed by atoms with E-state index < -0.39 is 0 Å². The summed E-state index contributed by atoms with van der Waals surface area (Å²) in [7, 11) is 0. The van der Waals surface area contributed by atoms with E-state index in [0.29, 0.717) is 17.8 Å². The molecule has 1 heterocycles. The van der Waals surface area contributed by atoms with Crippen LogP contribution in [-0.2, 0) is 0 Å². The Kier molecular flexibility index (Phi) is 4.57. The van der Waals surface area contributed by atoms with Gasteiger partial charge in [0.15, 0.2) is 0 Å². The fourth-order valence-corrected chi connectivity index (χ4v) is 6.52. The third kappa shape index (κ3) is 3.03. The molecule has 0 spiro atoms. The highest BCUT2D eigenvalue weighted by Crippen LogP contribution is 2.60. The van der Waals surface area contributed by atoms with Crippen molar-refractivity contribution in [2.75, 3.05) is 13.1 Å². The van der Waals surface area contributed by atoms with Crippen molar-refractivity contribution in [3.63, 3.8) is 0 Å². The largest absolute Gasteiger partial charge is 0.393 e. The molecule has 1 aliphatic heterocycles. The molecule has 1 saturated heterocycles. The van der Waals surface area contributed by atoms with Crippen molar-refractivity contribution in [2.45, 2.75) is 62.0 Å². The number of likely N-dealkylation sites (tertiary alicyclic amines) is 1. The minimum Gasteiger partial charge on any atom is -0.393 e. The number of benzene rings is 2. The van der Waals surface area contributed by atoms with E-state index in [1.165, 1.54) is 56.3 Å². The number of aliphatic hydroxyl groups excluding tert-OH is 1. The summed E-state index contributed by atoms with van der Waals surface area (Å²) in [5.74, 6) is 1.24. The summed E-state index contributed by atoms with van der Waals surface area (Å²) in [5, 5.41) is 11.3. The Morgan fingerprint density at radius 2 is 1.22 bits per heavy atom. The fraction of sp³-hybridized carbons (Fsp3) is 0.520. The van der Waals surface area contributed by atoms with Gasteiger partial charge < -0.3 is 5.11 Å². The van der Waals surface area contributed by atoms with Crippen LogP contribution < -0.4 is 0 Å². The molecule has 2 bridgehead atoms. The molecule has 2 nitrogen and oxygen atoms in total. The van der Waals surface area contributed by atoms with Crippen molar-refractivity contribution in [3.05, 3.63) is 71.8 Å². The van der Waals surface area contributed by atoms with Crippen LogP contribution in [0.25, 0.3) is 0 Å². The van der Waals surface area contributed by atoms with E-state index in [1.807, 2.05) is 0 Å². The van der Waals surface area contributed by atoms with Crippen LogP contribution in [0.15, 0.2) is 60.7 Å². The molecule has 2 aromatic rings. The van der Waals surface area contributed by atoms with E-state index in [2.05, 4.69) is 65.6 Å². The SMILES string of the molecule is OC1CC2(N3CCCCC3)C[C@@H](c3ccccc3)C1[C@H](c1ccccc1)C2. The van der Waals surface area contributed by atoms with Crippen LogP contribution in [0.5, 0.6) is 0 Å². The first kappa shape index (κ1) is 17.5. The first-order valence-electron chi connectivity index (χ1n) is 10.8. The van der Waals surface area contributed by atoms with Crippen molar-refractivity contribution in [3.8, 4) is 0 Å². The normalized spacial score (nSPS) is 36.6. The van der Waals surface area contributed by atoms with Crippen molar-refractivity contribution in [1.29, 1.82) is 0 Å². The Morgan fingerprint density at radius 1 is 0.704 bits per heavy atom. The van der Waals surface area contributed by atoms with Crippen LogP contribution >= 0.6 is 0 Å². The molecule has 1 unspecified atom stereocenters. The maximum atomic E-state index is 11.3. The molecule has 3 saturated carbocycles. The lowest BCUT2D eigenvalue weighted by molar-refractivity contribution is -0.110. The van der Waals surface area contributed by atoms with E-state index in [4.69, 9.17) is 0 Å². The molecule has 2 heteroatoms. The molecule has 2 aromatic carbocycles. The maximum Gasteiger partial charge on any atom is 0.0597 e. The maximum absolute atomic E-state index is 11.3. The van der Waals surface area contributed by atoms with Gasteiger partial charge in [-0.05, 0) is 74.1 Å². The quantitative estimate of drug-likeness (QED) is 0.836. The number of piperidine rings is 1. The van der Waals surface area contributed by atoms with Gasteiger partial charge in [-0.2, -0.15) is 0 Å². The third-order valence-corrected chi connectivity index (χ3v) is 7.64. The Bertz CT molecular complexity index is 703. The molecule has 142 valence electrons. The van der Waals surface area contributed by atoms with E-state index in [1.54, 1.807) is 0 Å². The molecule has 3 atom stereocenters. The van der Waals surface area contributed by atoms with E-state index in [0.717, 1.165) is 6.42 Å². The average Bonchev–Trinajstić information content (AvgIpc) is 2.75. The van der Waals surface area contributed by atoms with Gasteiger partial charge in [0, 0.05) is 5.54 Å². The summed E-state index contributed by atoms with van der Waals surface area (Å²) in [5.41, 5.74) is 3.00. The first-order chi connectivity index (χ1) is 13.3. The summed E-state index contributed by atoms with van der Waals surface area (Å²) in [6.45, 7) is 2.42. The highest BCUT2D eigenvalue weighted by atomic mass is 16.3. The number of aliphatic hydroxyl groups is 1. The van der Waals surface area contributed by atoms with Crippen LogP contribution in [0, 0.1) is 5.92 Å². The molecule has 3 aliphatic carbocycles. The zero-order chi connectivity index (χ0) is 18.3. The van der Waals surface area contributed by atoms with Crippen LogP contribution in [0.4, 0.5) is 0 Å². The minimum atomic E-state index is -0.204. The molecule has 4 fully saturated rings. The number of fused-ring (bicyclic) bond motifs is 3. The first-order valence-corrected chi connectivity index (χ1v) is 10.8. The van der Waals surface area contributed by atoms with Gasteiger partial charge in [0.1, 0.15) is 0 Å². The lowest BCUT2D eigenvalue weighted by atomic mass is 9.51. The predicted octanol–water partition coefficient (Wildman–Crippen LogP) is 4.95. The molecule has 4 aliphatic rings. The molecule has 0 aromatic heterocycles. The van der Waals surface area contributed by atoms with Gasteiger partial charge in [0.25, 0.3) is 0 Å². The zero-order valence-corrected chi connectivity index (χ0v) is 16.1. The van der Waals surface area contributed by atoms with Crippen molar-refractivity contribution in [1.82, 2.24) is 4.90 Å². The molecular weight excluding hydrogens is 330 g/mol. The topological polar surface area (TPSA) is 23.5 Å². The number of rotatable bonds is 3. The second kappa shape index (κ2) is 7.07. The Hall–Kier alpha value is -1.64. The fourth-order valence-electron chi connectivity index (χ4n) is 6.52. The van der Waals surface area contributed by atoms with E-state index in [9.17, 15) is 5.11 Å². The molecular formula is C25H31NO. The third-order valence-electron chi connectivity index (χ3n) is 7.64. The van der Waals surface area contributed by atoms with Gasteiger partial charge in [-0.25, -0.2) is 0 Å². The van der Waals surface area contributed by atoms with Crippen molar-refractivity contribution in [2.24, 2.45) is 5.92 Å². The second-order valence-corrected chi connectivity index (χ2v) is 9.06.